The first-order valence-corrected chi connectivity index (χ1v) is 10.9. The van der Waals surface area contributed by atoms with Crippen molar-refractivity contribution in [1.29, 1.82) is 0 Å². The van der Waals surface area contributed by atoms with E-state index in [1.165, 1.54) is 6.20 Å². The molecule has 0 unspecified atom stereocenters. The summed E-state index contributed by atoms with van der Waals surface area (Å²) in [5, 5.41) is -0.0809. The summed E-state index contributed by atoms with van der Waals surface area (Å²) in [4.78, 5) is 18.4. The van der Waals surface area contributed by atoms with Gasteiger partial charge in [-0.25, -0.2) is 13.4 Å². The van der Waals surface area contributed by atoms with E-state index in [0.717, 1.165) is 23.2 Å². The molecule has 146 valence electrons. The Morgan fingerprint density at radius 1 is 1.19 bits per heavy atom. The van der Waals surface area contributed by atoms with Gasteiger partial charge in [-0.3, -0.25) is 9.36 Å². The summed E-state index contributed by atoms with van der Waals surface area (Å²) in [6.07, 6.45) is 4.15. The molecule has 27 heavy (non-hydrogen) atoms. The van der Waals surface area contributed by atoms with E-state index < -0.39 is 15.6 Å². The van der Waals surface area contributed by atoms with Gasteiger partial charge in [0.05, 0.1) is 5.69 Å². The molecule has 0 aliphatic carbocycles. The summed E-state index contributed by atoms with van der Waals surface area (Å²) in [5.74, 6) is -0.118. The maximum atomic E-state index is 13.0. The number of amides is 1. The highest BCUT2D eigenvalue weighted by Gasteiger charge is 2.31. The van der Waals surface area contributed by atoms with Gasteiger partial charge in [0.2, 0.25) is 20.9 Å². The molecule has 1 aromatic carbocycles. The highest BCUT2D eigenvalue weighted by atomic mass is 32.2. The second kappa shape index (κ2) is 7.46. The van der Waals surface area contributed by atoms with Crippen LogP contribution in [-0.2, 0) is 14.6 Å². The van der Waals surface area contributed by atoms with E-state index in [1.54, 1.807) is 15.7 Å². The van der Waals surface area contributed by atoms with Gasteiger partial charge in [0.1, 0.15) is 5.75 Å². The van der Waals surface area contributed by atoms with Crippen LogP contribution in [0.15, 0.2) is 35.7 Å². The third kappa shape index (κ3) is 4.24. The molecular weight excluding hydrogens is 362 g/mol. The molecule has 0 saturated carbocycles. The molecule has 1 aliphatic heterocycles. The molecule has 0 N–H and O–H groups in total. The quantitative estimate of drug-likeness (QED) is 0.806. The molecule has 1 aliphatic rings. The van der Waals surface area contributed by atoms with Crippen LogP contribution in [0.5, 0.6) is 0 Å². The number of nitrogens with zero attached hydrogens (tertiary/aromatic N) is 3. The summed E-state index contributed by atoms with van der Waals surface area (Å²) in [7, 11) is -3.85. The molecule has 0 bridgehead atoms. The van der Waals surface area contributed by atoms with Gasteiger partial charge in [-0.2, -0.15) is 0 Å². The van der Waals surface area contributed by atoms with Crippen LogP contribution in [0.1, 0.15) is 31.4 Å². The summed E-state index contributed by atoms with van der Waals surface area (Å²) in [6.45, 7) is 9.30. The van der Waals surface area contributed by atoms with Gasteiger partial charge in [-0.05, 0) is 49.3 Å². The highest BCUT2D eigenvalue weighted by Crippen LogP contribution is 2.23. The fourth-order valence-electron chi connectivity index (χ4n) is 3.87. The molecule has 7 heteroatoms. The van der Waals surface area contributed by atoms with Crippen LogP contribution >= 0.6 is 0 Å². The zero-order valence-corrected chi connectivity index (χ0v) is 17.2. The molecule has 1 amide bonds. The van der Waals surface area contributed by atoms with Gasteiger partial charge in [0, 0.05) is 25.5 Å². The molecule has 6 nitrogen and oxygen atoms in total. The lowest BCUT2D eigenvalue weighted by molar-refractivity contribution is -0.131. The average Bonchev–Trinajstić information content (AvgIpc) is 3.06. The summed E-state index contributed by atoms with van der Waals surface area (Å²) >= 11 is 0. The fourth-order valence-corrected chi connectivity index (χ4v) is 5.18. The maximum absolute atomic E-state index is 13.0. The lowest BCUT2D eigenvalue weighted by Crippen LogP contribution is -2.45. The Hall–Kier alpha value is -2.15. The lowest BCUT2D eigenvalue weighted by atomic mass is 9.92. The SMILES string of the molecule is Cc1ccc(C)c(-n2ccnc2S(=O)(=O)CC(=O)N2C[C@@H](C)C[C@H](C)C2)c1. The minimum Gasteiger partial charge on any atom is -0.341 e. The molecular formula is C20H27N3O3S. The van der Waals surface area contributed by atoms with Gasteiger partial charge >= 0.3 is 0 Å². The predicted molar refractivity (Wildman–Crippen MR) is 105 cm³/mol. The second-order valence-electron chi connectivity index (χ2n) is 7.87. The Morgan fingerprint density at radius 3 is 2.52 bits per heavy atom. The number of hydrogen-bond donors (Lipinski definition) is 0. The molecule has 2 atom stereocenters. The molecule has 3 rings (SSSR count). The lowest BCUT2D eigenvalue weighted by Gasteiger charge is -2.34. The summed E-state index contributed by atoms with van der Waals surface area (Å²) in [5.41, 5.74) is 2.74. The third-order valence-corrected chi connectivity index (χ3v) is 6.53. The third-order valence-electron chi connectivity index (χ3n) is 5.04. The first kappa shape index (κ1) is 19.6. The first-order valence-electron chi connectivity index (χ1n) is 9.29. The molecule has 0 spiro atoms. The number of hydrogen-bond acceptors (Lipinski definition) is 4. The van der Waals surface area contributed by atoms with Crippen molar-refractivity contribution in [3.8, 4) is 5.69 Å². The molecule has 2 aromatic rings. The van der Waals surface area contributed by atoms with Crippen molar-refractivity contribution < 1.29 is 13.2 Å². The van der Waals surface area contributed by atoms with Crippen molar-refractivity contribution in [1.82, 2.24) is 14.5 Å². The molecule has 0 radical (unpaired) electrons. The van der Waals surface area contributed by atoms with Crippen LogP contribution in [-0.4, -0.2) is 47.6 Å². The van der Waals surface area contributed by atoms with Crippen LogP contribution in [0.4, 0.5) is 0 Å². The highest BCUT2D eigenvalue weighted by molar-refractivity contribution is 7.92. The van der Waals surface area contributed by atoms with E-state index in [2.05, 4.69) is 18.8 Å². The Balaban J connectivity index is 1.87. The molecule has 1 saturated heterocycles. The van der Waals surface area contributed by atoms with E-state index in [0.29, 0.717) is 24.9 Å². The van der Waals surface area contributed by atoms with Gasteiger partial charge in [0.25, 0.3) is 0 Å². The van der Waals surface area contributed by atoms with E-state index >= 15 is 0 Å². The zero-order chi connectivity index (χ0) is 19.8. The minimum absolute atomic E-state index is 0.0809. The second-order valence-corrected chi connectivity index (χ2v) is 9.76. The minimum atomic E-state index is -3.85. The summed E-state index contributed by atoms with van der Waals surface area (Å²) < 4.78 is 27.5. The van der Waals surface area contributed by atoms with Gasteiger partial charge in [-0.1, -0.05) is 26.0 Å². The van der Waals surface area contributed by atoms with Crippen LogP contribution in [0, 0.1) is 25.7 Å². The van der Waals surface area contributed by atoms with E-state index in [9.17, 15) is 13.2 Å². The van der Waals surface area contributed by atoms with Crippen LogP contribution in [0.25, 0.3) is 5.69 Å². The summed E-state index contributed by atoms with van der Waals surface area (Å²) in [6, 6.07) is 5.85. The number of piperidine rings is 1. The van der Waals surface area contributed by atoms with Crippen molar-refractivity contribution in [3.05, 3.63) is 41.7 Å². The standard InChI is InChI=1S/C20H27N3O3S/c1-14-5-6-17(4)18(10-14)23-8-7-21-20(23)27(25,26)13-19(24)22-11-15(2)9-16(3)12-22/h5-8,10,15-16H,9,11-13H2,1-4H3/t15-,16-/m0/s1. The van der Waals surface area contributed by atoms with Crippen LogP contribution in [0.3, 0.4) is 0 Å². The molecule has 1 fully saturated rings. The van der Waals surface area contributed by atoms with Crippen molar-refractivity contribution >= 4 is 15.7 Å². The molecule has 1 aromatic heterocycles. The van der Waals surface area contributed by atoms with E-state index in [1.807, 2.05) is 32.0 Å². The van der Waals surface area contributed by atoms with Crippen LogP contribution in [0.2, 0.25) is 0 Å². The van der Waals surface area contributed by atoms with Crippen molar-refractivity contribution in [3.63, 3.8) is 0 Å². The maximum Gasteiger partial charge on any atom is 0.238 e. The Bertz CT molecular complexity index is 939. The van der Waals surface area contributed by atoms with Gasteiger partial charge in [0.15, 0.2) is 0 Å². The number of benzene rings is 1. The smallest absolute Gasteiger partial charge is 0.238 e. The average molecular weight is 390 g/mol. The van der Waals surface area contributed by atoms with E-state index in [-0.39, 0.29) is 11.1 Å². The number of carbonyl (C=O) groups is 1. The topological polar surface area (TPSA) is 72.3 Å². The number of likely N-dealkylation sites (tertiary alicyclic amines) is 1. The first-order chi connectivity index (χ1) is 12.7. The van der Waals surface area contributed by atoms with Gasteiger partial charge < -0.3 is 4.90 Å². The van der Waals surface area contributed by atoms with Crippen molar-refractivity contribution in [2.75, 3.05) is 18.8 Å². The predicted octanol–water partition coefficient (Wildman–Crippen LogP) is 2.77. The Morgan fingerprint density at radius 2 is 1.85 bits per heavy atom. The van der Waals surface area contributed by atoms with Crippen LogP contribution < -0.4 is 0 Å². The largest absolute Gasteiger partial charge is 0.341 e. The number of aryl methyl sites for hydroxylation is 2. The Kier molecular flexibility index (Phi) is 5.42. The fraction of sp³-hybridized carbons (Fsp3) is 0.500. The number of rotatable bonds is 4. The Labute approximate surface area is 161 Å². The number of sulfone groups is 1. The molecule has 2 heterocycles. The van der Waals surface area contributed by atoms with Gasteiger partial charge in [-0.15, -0.1) is 0 Å². The number of carbonyl (C=O) groups excluding carboxylic acids is 1. The monoisotopic (exact) mass is 389 g/mol. The normalized spacial score (nSPS) is 20.7. The number of imidazole rings is 1. The zero-order valence-electron chi connectivity index (χ0n) is 16.3. The number of aromatic nitrogens is 2. The van der Waals surface area contributed by atoms with E-state index in [4.69, 9.17) is 0 Å². The van der Waals surface area contributed by atoms with Crippen molar-refractivity contribution in [2.45, 2.75) is 39.3 Å². The van der Waals surface area contributed by atoms with Crippen molar-refractivity contribution in [2.24, 2.45) is 11.8 Å².